The number of alkyl halides is 7. The second-order valence-corrected chi connectivity index (χ2v) is 8.20. The van der Waals surface area contributed by atoms with Crippen LogP contribution in [0.3, 0.4) is 0 Å². The number of aromatic nitrogens is 5. The summed E-state index contributed by atoms with van der Waals surface area (Å²) >= 11 is 0. The van der Waals surface area contributed by atoms with E-state index in [9.17, 15) is 39.9 Å². The zero-order valence-corrected chi connectivity index (χ0v) is 17.4. The molecule has 3 aromatic heterocycles. The molecule has 2 aliphatic rings. The molecule has 2 aliphatic heterocycles. The standard InChI is InChI=1S/C19H12F8N6O2/c1-16-9-11(31-15(16)34)29-12(30-14(9)35-6-18(16,23)24)10-8-4-7(20)5-28-13(8)33(32-10)3-2-17(21,22)19(25,26)27/h4-5H,2-3,6H2,1H3,(H,29,30,31,34). The summed E-state index contributed by atoms with van der Waals surface area (Å²) in [4.78, 5) is 24.1. The summed E-state index contributed by atoms with van der Waals surface area (Å²) in [5.74, 6) is -11.7. The van der Waals surface area contributed by atoms with Crippen molar-refractivity contribution in [2.24, 2.45) is 0 Å². The molecule has 1 unspecified atom stereocenters. The average molecular weight is 508 g/mol. The fourth-order valence-electron chi connectivity index (χ4n) is 3.93. The fourth-order valence-corrected chi connectivity index (χ4v) is 3.93. The van der Waals surface area contributed by atoms with Gasteiger partial charge in [-0.2, -0.15) is 32.0 Å². The number of carbonyl (C=O) groups excluding carboxylic acids is 1. The molecule has 16 heteroatoms. The van der Waals surface area contributed by atoms with Gasteiger partial charge in [0.2, 0.25) is 11.8 Å². The number of aryl methyl sites for hydroxylation is 1. The van der Waals surface area contributed by atoms with E-state index in [0.717, 1.165) is 13.0 Å². The van der Waals surface area contributed by atoms with E-state index >= 15 is 0 Å². The first-order chi connectivity index (χ1) is 16.2. The summed E-state index contributed by atoms with van der Waals surface area (Å²) in [7, 11) is 0. The number of halogens is 8. The predicted molar refractivity (Wildman–Crippen MR) is 101 cm³/mol. The quantitative estimate of drug-likeness (QED) is 0.539. The molecule has 0 bridgehead atoms. The van der Waals surface area contributed by atoms with Gasteiger partial charge >= 0.3 is 12.1 Å². The highest BCUT2D eigenvalue weighted by molar-refractivity contribution is 6.07. The minimum Gasteiger partial charge on any atom is -0.471 e. The molecule has 0 aromatic carbocycles. The minimum absolute atomic E-state index is 0.152. The van der Waals surface area contributed by atoms with E-state index in [2.05, 4.69) is 25.4 Å². The maximum absolute atomic E-state index is 14.5. The molecule has 1 amide bonds. The first kappa shape index (κ1) is 23.2. The molecule has 35 heavy (non-hydrogen) atoms. The monoisotopic (exact) mass is 508 g/mol. The number of carbonyl (C=O) groups is 1. The lowest BCUT2D eigenvalue weighted by Crippen LogP contribution is -2.54. The van der Waals surface area contributed by atoms with E-state index < -0.39 is 54.7 Å². The van der Waals surface area contributed by atoms with Crippen molar-refractivity contribution in [2.45, 2.75) is 43.3 Å². The van der Waals surface area contributed by atoms with Crippen LogP contribution in [0.4, 0.5) is 40.9 Å². The van der Waals surface area contributed by atoms with Crippen LogP contribution in [0.2, 0.25) is 0 Å². The number of nitrogens with zero attached hydrogens (tertiary/aromatic N) is 5. The largest absolute Gasteiger partial charge is 0.471 e. The fraction of sp³-hybridized carbons (Fsp3) is 0.421. The summed E-state index contributed by atoms with van der Waals surface area (Å²) in [5.41, 5.74) is -3.18. The smallest absolute Gasteiger partial charge is 0.453 e. The molecule has 186 valence electrons. The average Bonchev–Trinajstić information content (AvgIpc) is 3.24. The van der Waals surface area contributed by atoms with Crippen LogP contribution >= 0.6 is 0 Å². The van der Waals surface area contributed by atoms with Gasteiger partial charge in [-0.15, -0.1) is 0 Å². The van der Waals surface area contributed by atoms with Crippen molar-refractivity contribution >= 4 is 22.8 Å². The van der Waals surface area contributed by atoms with Crippen LogP contribution in [-0.2, 0) is 16.8 Å². The Morgan fingerprint density at radius 3 is 2.60 bits per heavy atom. The number of fused-ring (bicyclic) bond motifs is 1. The highest BCUT2D eigenvalue weighted by Gasteiger charge is 2.65. The van der Waals surface area contributed by atoms with Crippen LogP contribution in [0.1, 0.15) is 18.9 Å². The predicted octanol–water partition coefficient (Wildman–Crippen LogP) is 3.85. The number of anilines is 1. The van der Waals surface area contributed by atoms with Crippen molar-refractivity contribution in [1.82, 2.24) is 24.7 Å². The Morgan fingerprint density at radius 2 is 1.91 bits per heavy atom. The van der Waals surface area contributed by atoms with Crippen molar-refractivity contribution in [2.75, 3.05) is 11.9 Å². The molecular formula is C19H12F8N6O2. The van der Waals surface area contributed by atoms with Gasteiger partial charge in [-0.25, -0.2) is 27.8 Å². The summed E-state index contributed by atoms with van der Waals surface area (Å²) in [6.45, 7) is -1.15. The van der Waals surface area contributed by atoms with Gasteiger partial charge in [0.1, 0.15) is 22.7 Å². The third kappa shape index (κ3) is 3.21. The van der Waals surface area contributed by atoms with Crippen molar-refractivity contribution in [3.8, 4) is 17.4 Å². The third-order valence-electron chi connectivity index (χ3n) is 6.00. The lowest BCUT2D eigenvalue weighted by molar-refractivity contribution is -0.285. The van der Waals surface area contributed by atoms with E-state index in [-0.39, 0.29) is 39.8 Å². The van der Waals surface area contributed by atoms with Gasteiger partial charge in [-0.1, -0.05) is 0 Å². The van der Waals surface area contributed by atoms with E-state index in [0.29, 0.717) is 10.9 Å². The van der Waals surface area contributed by atoms with Gasteiger partial charge in [0, 0.05) is 13.0 Å². The summed E-state index contributed by atoms with van der Waals surface area (Å²) in [6, 6.07) is 0.878. The number of hydrogen-bond donors (Lipinski definition) is 1. The lowest BCUT2D eigenvalue weighted by atomic mass is 9.77. The summed E-state index contributed by atoms with van der Waals surface area (Å²) in [5, 5.41) is 6.00. The molecule has 0 saturated carbocycles. The van der Waals surface area contributed by atoms with Crippen molar-refractivity contribution < 1.29 is 44.7 Å². The van der Waals surface area contributed by atoms with E-state index in [1.54, 1.807) is 0 Å². The van der Waals surface area contributed by atoms with Crippen LogP contribution in [0.15, 0.2) is 12.3 Å². The maximum atomic E-state index is 14.5. The molecule has 0 saturated heterocycles. The minimum atomic E-state index is -5.80. The molecule has 1 N–H and O–H groups in total. The number of hydrogen-bond acceptors (Lipinski definition) is 6. The zero-order chi connectivity index (χ0) is 25.6. The van der Waals surface area contributed by atoms with Gasteiger partial charge in [0.15, 0.2) is 18.1 Å². The Balaban J connectivity index is 1.62. The van der Waals surface area contributed by atoms with Gasteiger partial charge in [0.25, 0.3) is 5.92 Å². The van der Waals surface area contributed by atoms with E-state index in [1.165, 1.54) is 0 Å². The molecular weight excluding hydrogens is 496 g/mol. The molecule has 0 spiro atoms. The summed E-state index contributed by atoms with van der Waals surface area (Å²) < 4.78 is 113. The topological polar surface area (TPSA) is 94.8 Å². The molecule has 0 fully saturated rings. The van der Waals surface area contributed by atoms with Crippen molar-refractivity contribution in [3.63, 3.8) is 0 Å². The molecule has 5 heterocycles. The van der Waals surface area contributed by atoms with Crippen molar-refractivity contribution in [3.05, 3.63) is 23.6 Å². The summed E-state index contributed by atoms with van der Waals surface area (Å²) in [6.07, 6.45) is -6.78. The van der Waals surface area contributed by atoms with Gasteiger partial charge < -0.3 is 10.1 Å². The number of amides is 1. The Hall–Kier alpha value is -3.59. The molecule has 0 radical (unpaired) electrons. The molecule has 1 atom stereocenters. The van der Waals surface area contributed by atoms with E-state index in [4.69, 9.17) is 4.74 Å². The van der Waals surface area contributed by atoms with Crippen LogP contribution < -0.4 is 10.1 Å². The highest BCUT2D eigenvalue weighted by Crippen LogP contribution is 2.53. The second kappa shape index (κ2) is 6.97. The van der Waals surface area contributed by atoms with Crippen LogP contribution in [0.5, 0.6) is 5.88 Å². The van der Waals surface area contributed by atoms with Gasteiger partial charge in [-0.3, -0.25) is 4.79 Å². The molecule has 5 rings (SSSR count). The maximum Gasteiger partial charge on any atom is 0.453 e. The van der Waals surface area contributed by atoms with E-state index in [1.807, 2.05) is 0 Å². The first-order valence-electron chi connectivity index (χ1n) is 9.87. The Labute approximate surface area is 189 Å². The third-order valence-corrected chi connectivity index (χ3v) is 6.00. The normalized spacial score (nSPS) is 21.1. The lowest BCUT2D eigenvalue weighted by Gasteiger charge is -2.35. The van der Waals surface area contributed by atoms with Crippen molar-refractivity contribution in [1.29, 1.82) is 0 Å². The van der Waals surface area contributed by atoms with Crippen LogP contribution in [0, 0.1) is 5.82 Å². The van der Waals surface area contributed by atoms with Gasteiger partial charge in [-0.05, 0) is 13.0 Å². The van der Waals surface area contributed by atoms with Gasteiger partial charge in [0.05, 0.1) is 17.1 Å². The highest BCUT2D eigenvalue weighted by atomic mass is 19.4. The second-order valence-electron chi connectivity index (χ2n) is 8.20. The molecule has 8 nitrogen and oxygen atoms in total. The number of pyridine rings is 1. The molecule has 0 aliphatic carbocycles. The van der Waals surface area contributed by atoms with Crippen LogP contribution in [-0.4, -0.2) is 55.3 Å². The number of ether oxygens (including phenoxy) is 1. The van der Waals surface area contributed by atoms with Crippen LogP contribution in [0.25, 0.3) is 22.6 Å². The Kier molecular flexibility index (Phi) is 4.62. The zero-order valence-electron chi connectivity index (χ0n) is 17.4. The first-order valence-corrected chi connectivity index (χ1v) is 9.87. The SMILES string of the molecule is CC12C(=O)Nc3nc(-c4nn(CCC(F)(F)C(F)(F)F)c5ncc(F)cc45)nc(c31)OCC2(F)F. The number of nitrogens with one attached hydrogen (secondary N) is 1. The Morgan fingerprint density at radius 1 is 1.20 bits per heavy atom. The Bertz CT molecular complexity index is 1390. The number of rotatable bonds is 4. The molecule has 3 aromatic rings.